The predicted octanol–water partition coefficient (Wildman–Crippen LogP) is 4.34. The Morgan fingerprint density at radius 3 is 2.29 bits per heavy atom. The summed E-state index contributed by atoms with van der Waals surface area (Å²) < 4.78 is 13.0. The maximum absolute atomic E-state index is 13.0. The molecule has 0 fully saturated rings. The van der Waals surface area contributed by atoms with Crippen LogP contribution in [0.15, 0.2) is 12.1 Å². The minimum absolute atomic E-state index is 0.0447. The number of hydrogen-bond donors (Lipinski definition) is 1. The molecule has 14 heavy (non-hydrogen) atoms. The van der Waals surface area contributed by atoms with E-state index in [1.54, 1.807) is 0 Å². The minimum Gasteiger partial charge on any atom is -0.383 e. The zero-order valence-corrected chi connectivity index (χ0v) is 9.58. The van der Waals surface area contributed by atoms with Crippen LogP contribution in [-0.2, 0) is 0 Å². The Hall–Kier alpha value is -0.470. The van der Waals surface area contributed by atoms with Gasteiger partial charge in [0.15, 0.2) is 5.82 Å². The average Bonchev–Trinajstić information content (AvgIpc) is 2.14. The van der Waals surface area contributed by atoms with Gasteiger partial charge in [0.25, 0.3) is 0 Å². The Morgan fingerprint density at radius 1 is 1.36 bits per heavy atom. The van der Waals surface area contributed by atoms with Crippen LogP contribution in [0.2, 0.25) is 10.0 Å². The lowest BCUT2D eigenvalue weighted by Crippen LogP contribution is -2.13. The molecule has 0 aliphatic heterocycles. The van der Waals surface area contributed by atoms with Gasteiger partial charge in [0.1, 0.15) is 0 Å². The van der Waals surface area contributed by atoms with Gasteiger partial charge in [-0.25, -0.2) is 4.39 Å². The lowest BCUT2D eigenvalue weighted by Gasteiger charge is -2.13. The molecule has 1 rings (SSSR count). The fourth-order valence-electron chi connectivity index (χ4n) is 1.03. The fraction of sp³-hybridized carbons (Fsp3) is 0.400. The quantitative estimate of drug-likeness (QED) is 0.769. The smallest absolute Gasteiger partial charge is 0.160 e. The molecule has 78 valence electrons. The molecule has 1 aromatic rings. The molecule has 1 aromatic carbocycles. The first-order chi connectivity index (χ1) is 6.54. The van der Waals surface area contributed by atoms with Gasteiger partial charge in [-0.3, -0.25) is 0 Å². The van der Waals surface area contributed by atoms with Crippen molar-refractivity contribution in [1.29, 1.82) is 0 Å². The highest BCUT2D eigenvalue weighted by atomic mass is 35.5. The largest absolute Gasteiger partial charge is 0.383 e. The van der Waals surface area contributed by atoms with E-state index in [9.17, 15) is 4.39 Å². The van der Waals surface area contributed by atoms with E-state index in [0.717, 1.165) is 12.1 Å². The van der Waals surface area contributed by atoms with Crippen LogP contribution >= 0.6 is 23.2 Å². The first-order valence-electron chi connectivity index (χ1n) is 4.45. The summed E-state index contributed by atoms with van der Waals surface area (Å²) in [4.78, 5) is 0. The van der Waals surface area contributed by atoms with E-state index in [-0.39, 0.29) is 10.0 Å². The van der Waals surface area contributed by atoms with Crippen molar-refractivity contribution in [3.63, 3.8) is 0 Å². The van der Waals surface area contributed by atoms with Crippen LogP contribution in [0.3, 0.4) is 0 Å². The molecule has 1 nitrogen and oxygen atoms in total. The van der Waals surface area contributed by atoms with Crippen molar-refractivity contribution in [2.75, 3.05) is 5.32 Å². The molecule has 0 amide bonds. The summed E-state index contributed by atoms with van der Waals surface area (Å²) in [6.07, 6.45) is 0.979. The molecule has 0 spiro atoms. The molecular weight excluding hydrogens is 224 g/mol. The van der Waals surface area contributed by atoms with Gasteiger partial charge in [0.05, 0.1) is 10.0 Å². The zero-order valence-electron chi connectivity index (χ0n) is 8.07. The summed E-state index contributed by atoms with van der Waals surface area (Å²) in [6, 6.07) is 3.39. The molecule has 0 bridgehead atoms. The maximum atomic E-state index is 13.0. The number of nitrogens with one attached hydrogen (secondary N) is 1. The summed E-state index contributed by atoms with van der Waals surface area (Å²) in [7, 11) is 0. The minimum atomic E-state index is -0.567. The molecule has 0 aliphatic rings. The predicted molar refractivity (Wildman–Crippen MR) is 59.8 cm³/mol. The van der Waals surface area contributed by atoms with E-state index in [1.165, 1.54) is 12.1 Å². The third-order valence-electron chi connectivity index (χ3n) is 2.01. The number of anilines is 1. The van der Waals surface area contributed by atoms with Gasteiger partial charge in [-0.2, -0.15) is 0 Å². The molecule has 4 heteroatoms. The maximum Gasteiger partial charge on any atom is 0.160 e. The van der Waals surface area contributed by atoms with E-state index < -0.39 is 5.82 Å². The molecule has 0 saturated heterocycles. The summed E-state index contributed by atoms with van der Waals surface area (Å²) in [5.74, 6) is -0.567. The first-order valence-corrected chi connectivity index (χ1v) is 5.21. The summed E-state index contributed by atoms with van der Waals surface area (Å²) in [5.41, 5.74) is 0.746. The van der Waals surface area contributed by atoms with Gasteiger partial charge in [0, 0.05) is 11.7 Å². The van der Waals surface area contributed by atoms with Crippen LogP contribution in [0.1, 0.15) is 20.3 Å². The number of hydrogen-bond acceptors (Lipinski definition) is 1. The van der Waals surface area contributed by atoms with Crippen molar-refractivity contribution in [1.82, 2.24) is 0 Å². The standard InChI is InChI=1S/C10H12Cl2FN/c1-3-6(2)14-7-4-8(11)10(13)9(12)5-7/h4-6,14H,3H2,1-2H3. The normalized spacial score (nSPS) is 12.6. The summed E-state index contributed by atoms with van der Waals surface area (Å²) in [5, 5.41) is 3.25. The van der Waals surface area contributed by atoms with Crippen LogP contribution in [0.25, 0.3) is 0 Å². The van der Waals surface area contributed by atoms with Gasteiger partial charge < -0.3 is 5.32 Å². The second-order valence-corrected chi connectivity index (χ2v) is 4.02. The Labute approximate surface area is 93.2 Å². The molecule has 1 atom stereocenters. The highest BCUT2D eigenvalue weighted by molar-refractivity contribution is 6.35. The monoisotopic (exact) mass is 235 g/mol. The topological polar surface area (TPSA) is 12.0 Å². The second kappa shape index (κ2) is 4.85. The number of halogens is 3. The zero-order chi connectivity index (χ0) is 10.7. The first kappa shape index (κ1) is 11.6. The van der Waals surface area contributed by atoms with E-state index in [0.29, 0.717) is 6.04 Å². The van der Waals surface area contributed by atoms with Crippen LogP contribution in [0.4, 0.5) is 10.1 Å². The molecule has 0 heterocycles. The molecule has 0 aromatic heterocycles. The Kier molecular flexibility index (Phi) is 4.02. The summed E-state index contributed by atoms with van der Waals surface area (Å²) in [6.45, 7) is 4.09. The van der Waals surface area contributed by atoms with Crippen molar-refractivity contribution in [2.24, 2.45) is 0 Å². The highest BCUT2D eigenvalue weighted by Gasteiger charge is 2.08. The van der Waals surface area contributed by atoms with Crippen molar-refractivity contribution in [3.8, 4) is 0 Å². The van der Waals surface area contributed by atoms with Gasteiger partial charge in [0.2, 0.25) is 0 Å². The highest BCUT2D eigenvalue weighted by Crippen LogP contribution is 2.27. The number of benzene rings is 1. The van der Waals surface area contributed by atoms with Crippen molar-refractivity contribution < 1.29 is 4.39 Å². The Bertz CT molecular complexity index is 305. The average molecular weight is 236 g/mol. The van der Waals surface area contributed by atoms with Crippen molar-refractivity contribution >= 4 is 28.9 Å². The van der Waals surface area contributed by atoms with Crippen molar-refractivity contribution in [3.05, 3.63) is 28.0 Å². The third kappa shape index (κ3) is 2.76. The molecule has 0 saturated carbocycles. The van der Waals surface area contributed by atoms with Crippen LogP contribution in [0, 0.1) is 5.82 Å². The lowest BCUT2D eigenvalue weighted by molar-refractivity contribution is 0.628. The molecular formula is C10H12Cl2FN. The molecule has 1 N–H and O–H groups in total. The van der Waals surface area contributed by atoms with Gasteiger partial charge >= 0.3 is 0 Å². The Morgan fingerprint density at radius 2 is 1.86 bits per heavy atom. The van der Waals surface area contributed by atoms with E-state index >= 15 is 0 Å². The van der Waals surface area contributed by atoms with E-state index in [2.05, 4.69) is 12.2 Å². The van der Waals surface area contributed by atoms with Crippen LogP contribution in [0.5, 0.6) is 0 Å². The molecule has 0 radical (unpaired) electrons. The molecule has 0 aliphatic carbocycles. The van der Waals surface area contributed by atoms with Crippen LogP contribution in [-0.4, -0.2) is 6.04 Å². The number of rotatable bonds is 3. The van der Waals surface area contributed by atoms with Gasteiger partial charge in [-0.1, -0.05) is 30.1 Å². The van der Waals surface area contributed by atoms with E-state index in [1.807, 2.05) is 6.92 Å². The lowest BCUT2D eigenvalue weighted by atomic mass is 10.2. The van der Waals surface area contributed by atoms with Crippen LogP contribution < -0.4 is 5.32 Å². The summed E-state index contributed by atoms with van der Waals surface area (Å²) >= 11 is 11.3. The van der Waals surface area contributed by atoms with Gasteiger partial charge in [-0.15, -0.1) is 0 Å². The fourth-order valence-corrected chi connectivity index (χ4v) is 1.51. The SMILES string of the molecule is CCC(C)Nc1cc(Cl)c(F)c(Cl)c1. The third-order valence-corrected chi connectivity index (χ3v) is 2.56. The van der Waals surface area contributed by atoms with E-state index in [4.69, 9.17) is 23.2 Å². The Balaban J connectivity index is 2.89. The van der Waals surface area contributed by atoms with Gasteiger partial charge in [-0.05, 0) is 25.5 Å². The second-order valence-electron chi connectivity index (χ2n) is 3.21. The van der Waals surface area contributed by atoms with Crippen molar-refractivity contribution in [2.45, 2.75) is 26.3 Å². The molecule has 1 unspecified atom stereocenters.